The summed E-state index contributed by atoms with van der Waals surface area (Å²) in [6, 6.07) is 13.6. The number of hydrogen-bond donors (Lipinski definition) is 0. The van der Waals surface area contributed by atoms with Crippen molar-refractivity contribution >= 4 is 11.9 Å². The van der Waals surface area contributed by atoms with E-state index >= 15 is 4.39 Å². The summed E-state index contributed by atoms with van der Waals surface area (Å²) in [4.78, 5) is 23.1. The third kappa shape index (κ3) is 7.77. The number of hydrogen-bond acceptors (Lipinski definition) is 6. The van der Waals surface area contributed by atoms with Crippen molar-refractivity contribution in [3.05, 3.63) is 90.5 Å². The first-order valence-electron chi connectivity index (χ1n) is 12.2. The largest absolute Gasteiger partial charge is 0.496 e. The van der Waals surface area contributed by atoms with E-state index < -0.39 is 23.6 Å². The molecule has 204 valence electrons. The maximum absolute atomic E-state index is 15.1. The van der Waals surface area contributed by atoms with Gasteiger partial charge in [-0.05, 0) is 68.1 Å². The van der Waals surface area contributed by atoms with E-state index in [1.165, 1.54) is 31.4 Å². The van der Waals surface area contributed by atoms with Crippen LogP contribution in [0.2, 0.25) is 0 Å². The molecule has 6 nitrogen and oxygen atoms in total. The van der Waals surface area contributed by atoms with Gasteiger partial charge in [-0.15, -0.1) is 0 Å². The summed E-state index contributed by atoms with van der Waals surface area (Å²) in [5.74, 6) is -1.48. The lowest BCUT2D eigenvalue weighted by atomic mass is 9.98. The van der Waals surface area contributed by atoms with Crippen LogP contribution in [-0.4, -0.2) is 32.3 Å². The second kappa shape index (κ2) is 13.4. The van der Waals surface area contributed by atoms with Crippen LogP contribution >= 0.6 is 0 Å². The first-order valence-corrected chi connectivity index (χ1v) is 12.2. The monoisotopic (exact) mass is 536 g/mol. The van der Waals surface area contributed by atoms with Gasteiger partial charge < -0.3 is 18.9 Å². The molecule has 0 N–H and O–H groups in total. The fourth-order valence-corrected chi connectivity index (χ4v) is 3.54. The summed E-state index contributed by atoms with van der Waals surface area (Å²) in [5, 5.41) is 0. The molecular formula is C31H30F2O6. The molecular weight excluding hydrogens is 506 g/mol. The van der Waals surface area contributed by atoms with Gasteiger partial charge in [-0.1, -0.05) is 31.4 Å². The van der Waals surface area contributed by atoms with Gasteiger partial charge in [-0.25, -0.2) is 18.4 Å². The Morgan fingerprint density at radius 2 is 1.36 bits per heavy atom. The molecule has 0 heterocycles. The maximum atomic E-state index is 15.1. The van der Waals surface area contributed by atoms with Gasteiger partial charge in [-0.3, -0.25) is 0 Å². The van der Waals surface area contributed by atoms with Crippen molar-refractivity contribution in [2.75, 3.05) is 20.3 Å². The molecule has 8 heteroatoms. The molecule has 3 aromatic rings. The Morgan fingerprint density at radius 3 is 2.00 bits per heavy atom. The highest BCUT2D eigenvalue weighted by Gasteiger charge is 2.15. The minimum absolute atomic E-state index is 0.0480. The van der Waals surface area contributed by atoms with Gasteiger partial charge in [0.2, 0.25) is 0 Å². The maximum Gasteiger partial charge on any atom is 0.338 e. The molecule has 0 atom stereocenters. The number of methoxy groups -OCH3 is 1. The lowest BCUT2D eigenvalue weighted by Gasteiger charge is -2.13. The van der Waals surface area contributed by atoms with E-state index in [0.717, 1.165) is 0 Å². The van der Waals surface area contributed by atoms with E-state index in [1.807, 2.05) is 0 Å². The molecule has 0 saturated carbocycles. The topological polar surface area (TPSA) is 71.1 Å². The summed E-state index contributed by atoms with van der Waals surface area (Å²) < 4.78 is 50.9. The zero-order valence-electron chi connectivity index (χ0n) is 22.1. The van der Waals surface area contributed by atoms with E-state index in [1.54, 1.807) is 44.2 Å². The molecule has 0 radical (unpaired) electrons. The van der Waals surface area contributed by atoms with Crippen LogP contribution < -0.4 is 14.2 Å². The minimum atomic E-state index is -0.619. The van der Waals surface area contributed by atoms with Crippen molar-refractivity contribution in [1.29, 1.82) is 0 Å². The SMILES string of the molecule is C=C(C)C(=O)OCCCCOc1ccc(-c2ccc(-c3ccc(OC(=O)C(=C)C)cc3OC)cc2F)cc1F. The summed E-state index contributed by atoms with van der Waals surface area (Å²) in [7, 11) is 1.46. The van der Waals surface area contributed by atoms with Crippen molar-refractivity contribution in [1.82, 2.24) is 0 Å². The van der Waals surface area contributed by atoms with Gasteiger partial charge in [-0.2, -0.15) is 0 Å². The van der Waals surface area contributed by atoms with Crippen molar-refractivity contribution in [2.45, 2.75) is 26.7 Å². The first kappa shape index (κ1) is 29.1. The number of ether oxygens (including phenoxy) is 4. The molecule has 0 bridgehead atoms. The first-order chi connectivity index (χ1) is 18.6. The zero-order chi connectivity index (χ0) is 28.5. The fourth-order valence-electron chi connectivity index (χ4n) is 3.54. The average Bonchev–Trinajstić information content (AvgIpc) is 2.90. The van der Waals surface area contributed by atoms with Crippen molar-refractivity contribution in [3.63, 3.8) is 0 Å². The minimum Gasteiger partial charge on any atom is -0.496 e. The van der Waals surface area contributed by atoms with Crippen molar-refractivity contribution < 1.29 is 37.3 Å². The van der Waals surface area contributed by atoms with Crippen molar-refractivity contribution in [2.24, 2.45) is 0 Å². The Morgan fingerprint density at radius 1 is 0.744 bits per heavy atom. The van der Waals surface area contributed by atoms with Gasteiger partial charge in [0.1, 0.15) is 17.3 Å². The van der Waals surface area contributed by atoms with Crippen LogP contribution in [0, 0.1) is 11.6 Å². The molecule has 0 amide bonds. The molecule has 3 aromatic carbocycles. The van der Waals surface area contributed by atoms with Crippen LogP contribution in [0.15, 0.2) is 78.9 Å². The molecule has 0 aliphatic heterocycles. The van der Waals surface area contributed by atoms with Gasteiger partial charge in [0.15, 0.2) is 11.6 Å². The summed E-state index contributed by atoms with van der Waals surface area (Å²) in [6.45, 7) is 10.6. The number of carbonyl (C=O) groups is 2. The Hall–Kier alpha value is -4.46. The van der Waals surface area contributed by atoms with E-state index in [9.17, 15) is 14.0 Å². The number of rotatable bonds is 12. The Balaban J connectivity index is 1.67. The summed E-state index contributed by atoms with van der Waals surface area (Å²) in [5.41, 5.74) is 2.27. The molecule has 0 saturated heterocycles. The molecule has 0 aliphatic carbocycles. The highest BCUT2D eigenvalue weighted by Crippen LogP contribution is 2.36. The lowest BCUT2D eigenvalue weighted by molar-refractivity contribution is -0.139. The second-order valence-electron chi connectivity index (χ2n) is 8.84. The van der Waals surface area contributed by atoms with Crippen LogP contribution in [0.4, 0.5) is 8.78 Å². The van der Waals surface area contributed by atoms with Crippen LogP contribution in [0.3, 0.4) is 0 Å². The number of halogens is 2. The smallest absolute Gasteiger partial charge is 0.338 e. The summed E-state index contributed by atoms with van der Waals surface area (Å²) in [6.07, 6.45) is 1.12. The van der Waals surface area contributed by atoms with Crippen LogP contribution in [0.1, 0.15) is 26.7 Å². The van der Waals surface area contributed by atoms with Crippen molar-refractivity contribution in [3.8, 4) is 39.5 Å². The van der Waals surface area contributed by atoms with Gasteiger partial charge >= 0.3 is 11.9 Å². The Labute approximate surface area is 226 Å². The van der Waals surface area contributed by atoms with Crippen LogP contribution in [0.25, 0.3) is 22.3 Å². The molecule has 0 aromatic heterocycles. The highest BCUT2D eigenvalue weighted by molar-refractivity contribution is 5.89. The predicted octanol–water partition coefficient (Wildman–Crippen LogP) is 7.07. The highest BCUT2D eigenvalue weighted by atomic mass is 19.1. The second-order valence-corrected chi connectivity index (χ2v) is 8.84. The Bertz CT molecular complexity index is 1400. The predicted molar refractivity (Wildman–Crippen MR) is 145 cm³/mol. The number of esters is 2. The van der Waals surface area contributed by atoms with Gasteiger partial charge in [0, 0.05) is 28.3 Å². The van der Waals surface area contributed by atoms with E-state index in [-0.39, 0.29) is 35.8 Å². The van der Waals surface area contributed by atoms with E-state index in [2.05, 4.69) is 13.2 Å². The molecule has 39 heavy (non-hydrogen) atoms. The lowest BCUT2D eigenvalue weighted by Crippen LogP contribution is -2.08. The molecule has 0 spiro atoms. The number of unbranched alkanes of at least 4 members (excludes halogenated alkanes) is 1. The van der Waals surface area contributed by atoms with Gasteiger partial charge in [0.25, 0.3) is 0 Å². The Kier molecular flexibility index (Phi) is 9.98. The molecule has 3 rings (SSSR count). The van der Waals surface area contributed by atoms with E-state index in [4.69, 9.17) is 18.9 Å². The zero-order valence-corrected chi connectivity index (χ0v) is 22.1. The average molecular weight is 537 g/mol. The number of benzene rings is 3. The standard InChI is InChI=1S/C31H30F2O6/c1-19(2)30(34)38-15-7-6-14-37-28-13-9-21(17-27(28)33)24-11-8-22(16-26(24)32)25-12-10-23(18-29(25)36-5)39-31(35)20(3)4/h8-13,16-18H,1,3,6-7,14-15H2,2,4-5H3. The molecule has 0 aliphatic rings. The van der Waals surface area contributed by atoms with Gasteiger partial charge in [0.05, 0.1) is 20.3 Å². The third-order valence-electron chi connectivity index (χ3n) is 5.63. The third-order valence-corrected chi connectivity index (χ3v) is 5.63. The van der Waals surface area contributed by atoms with Crippen LogP contribution in [0.5, 0.6) is 17.2 Å². The van der Waals surface area contributed by atoms with Crippen LogP contribution in [-0.2, 0) is 14.3 Å². The normalized spacial score (nSPS) is 10.5. The molecule has 0 fully saturated rings. The quantitative estimate of drug-likeness (QED) is 0.107. The number of carbonyl (C=O) groups excluding carboxylic acids is 2. The molecule has 0 unspecified atom stereocenters. The van der Waals surface area contributed by atoms with E-state index in [0.29, 0.717) is 40.9 Å². The fraction of sp³-hybridized carbons (Fsp3) is 0.226. The summed E-state index contributed by atoms with van der Waals surface area (Å²) >= 11 is 0.